The maximum atomic E-state index is 11.6. The molecule has 1 amide bonds. The summed E-state index contributed by atoms with van der Waals surface area (Å²) in [5.74, 6) is 0.967. The molecule has 0 unspecified atom stereocenters. The van der Waals surface area contributed by atoms with E-state index in [9.17, 15) is 4.79 Å². The summed E-state index contributed by atoms with van der Waals surface area (Å²) in [4.78, 5) is 11.6. The summed E-state index contributed by atoms with van der Waals surface area (Å²) in [7, 11) is 0. The van der Waals surface area contributed by atoms with Gasteiger partial charge in [0.2, 0.25) is 5.91 Å². The Morgan fingerprint density at radius 3 is 2.64 bits per heavy atom. The monoisotopic (exact) mass is 196 g/mol. The Morgan fingerprint density at radius 1 is 1.21 bits per heavy atom. The van der Waals surface area contributed by atoms with Gasteiger partial charge in [-0.3, -0.25) is 4.79 Å². The summed E-state index contributed by atoms with van der Waals surface area (Å²) >= 11 is 0. The average Bonchev–Trinajstić information content (AvgIpc) is 2.87. The fraction of sp³-hybridized carbons (Fsp3) is 0.909. The Hall–Kier alpha value is -0.570. The molecule has 2 rings (SSSR count). The summed E-state index contributed by atoms with van der Waals surface area (Å²) in [6.45, 7) is 1.90. The molecule has 3 heteroatoms. The summed E-state index contributed by atoms with van der Waals surface area (Å²) in [6, 6.07) is 0.0939. The van der Waals surface area contributed by atoms with Crippen molar-refractivity contribution in [2.24, 2.45) is 5.92 Å². The van der Waals surface area contributed by atoms with Crippen LogP contribution in [0, 0.1) is 5.92 Å². The molecule has 14 heavy (non-hydrogen) atoms. The molecule has 2 N–H and O–H groups in total. The first-order valence-electron chi connectivity index (χ1n) is 5.87. The molecule has 2 fully saturated rings. The molecule has 1 aliphatic heterocycles. The molecule has 0 aromatic heterocycles. The quantitative estimate of drug-likeness (QED) is 0.708. The fourth-order valence-electron chi connectivity index (χ4n) is 2.49. The van der Waals surface area contributed by atoms with Crippen molar-refractivity contribution in [1.82, 2.24) is 10.6 Å². The first-order valence-corrected chi connectivity index (χ1v) is 5.87. The van der Waals surface area contributed by atoms with Gasteiger partial charge in [0.05, 0.1) is 6.04 Å². The van der Waals surface area contributed by atoms with Crippen molar-refractivity contribution in [1.29, 1.82) is 0 Å². The lowest BCUT2D eigenvalue weighted by atomic mass is 10.1. The van der Waals surface area contributed by atoms with Crippen LogP contribution in [0.1, 0.15) is 38.5 Å². The Labute approximate surface area is 85.6 Å². The number of carbonyl (C=O) groups excluding carboxylic acids is 1. The van der Waals surface area contributed by atoms with E-state index in [0.29, 0.717) is 0 Å². The van der Waals surface area contributed by atoms with E-state index in [-0.39, 0.29) is 11.9 Å². The van der Waals surface area contributed by atoms with E-state index in [0.717, 1.165) is 31.8 Å². The molecular weight excluding hydrogens is 176 g/mol. The van der Waals surface area contributed by atoms with Crippen LogP contribution >= 0.6 is 0 Å². The minimum absolute atomic E-state index is 0.0939. The first kappa shape index (κ1) is 9.97. The predicted octanol–water partition coefficient (Wildman–Crippen LogP) is 1.04. The Morgan fingerprint density at radius 2 is 2.00 bits per heavy atom. The highest BCUT2D eigenvalue weighted by Gasteiger charge is 2.23. The third-order valence-corrected chi connectivity index (χ3v) is 3.42. The Balaban J connectivity index is 1.66. The molecule has 1 atom stereocenters. The first-order chi connectivity index (χ1) is 6.86. The number of hydrogen-bond donors (Lipinski definition) is 2. The number of rotatable bonds is 3. The van der Waals surface area contributed by atoms with Gasteiger partial charge in [0.25, 0.3) is 0 Å². The van der Waals surface area contributed by atoms with E-state index in [4.69, 9.17) is 0 Å². The largest absolute Gasteiger partial charge is 0.354 e. The maximum Gasteiger partial charge on any atom is 0.237 e. The zero-order valence-electron chi connectivity index (χ0n) is 8.72. The number of carbonyl (C=O) groups is 1. The summed E-state index contributed by atoms with van der Waals surface area (Å²) in [6.07, 6.45) is 7.46. The normalized spacial score (nSPS) is 28.1. The standard InChI is InChI=1S/C11H20N2O/c14-11(10-6-3-7-12-10)13-8-9-4-1-2-5-9/h9-10,12H,1-8H2,(H,13,14)/t10-/m0/s1. The zero-order valence-corrected chi connectivity index (χ0v) is 8.72. The minimum atomic E-state index is 0.0939. The van der Waals surface area contributed by atoms with Gasteiger partial charge in [0, 0.05) is 6.54 Å². The second-order valence-corrected chi connectivity index (χ2v) is 4.54. The Bertz CT molecular complexity index is 193. The van der Waals surface area contributed by atoms with E-state index in [1.807, 2.05) is 0 Å². The van der Waals surface area contributed by atoms with Crippen molar-refractivity contribution in [3.05, 3.63) is 0 Å². The van der Waals surface area contributed by atoms with Crippen LogP contribution in [-0.4, -0.2) is 25.0 Å². The number of amides is 1. The van der Waals surface area contributed by atoms with Gasteiger partial charge in [-0.1, -0.05) is 12.8 Å². The van der Waals surface area contributed by atoms with Crippen LogP contribution < -0.4 is 10.6 Å². The maximum absolute atomic E-state index is 11.6. The molecule has 1 heterocycles. The molecule has 0 spiro atoms. The van der Waals surface area contributed by atoms with Crippen LogP contribution in [0.15, 0.2) is 0 Å². The van der Waals surface area contributed by atoms with Gasteiger partial charge >= 0.3 is 0 Å². The van der Waals surface area contributed by atoms with Crippen LogP contribution in [0.4, 0.5) is 0 Å². The predicted molar refractivity (Wildman–Crippen MR) is 56.0 cm³/mol. The average molecular weight is 196 g/mol. The van der Waals surface area contributed by atoms with Crippen molar-refractivity contribution < 1.29 is 4.79 Å². The highest BCUT2D eigenvalue weighted by molar-refractivity contribution is 5.81. The molecule has 1 aliphatic carbocycles. The van der Waals surface area contributed by atoms with Gasteiger partial charge in [-0.15, -0.1) is 0 Å². The number of nitrogens with one attached hydrogen (secondary N) is 2. The third-order valence-electron chi connectivity index (χ3n) is 3.42. The van der Waals surface area contributed by atoms with Crippen LogP contribution in [-0.2, 0) is 4.79 Å². The van der Waals surface area contributed by atoms with E-state index < -0.39 is 0 Å². The topological polar surface area (TPSA) is 41.1 Å². The van der Waals surface area contributed by atoms with E-state index in [1.165, 1.54) is 25.7 Å². The van der Waals surface area contributed by atoms with Gasteiger partial charge < -0.3 is 10.6 Å². The summed E-state index contributed by atoms with van der Waals surface area (Å²) in [5.41, 5.74) is 0. The lowest BCUT2D eigenvalue weighted by Crippen LogP contribution is -2.41. The third kappa shape index (κ3) is 2.47. The molecule has 80 valence electrons. The molecular formula is C11H20N2O. The summed E-state index contributed by atoms with van der Waals surface area (Å²) < 4.78 is 0. The smallest absolute Gasteiger partial charge is 0.237 e. The molecule has 0 bridgehead atoms. The molecule has 0 aromatic rings. The minimum Gasteiger partial charge on any atom is -0.354 e. The van der Waals surface area contributed by atoms with Crippen LogP contribution in [0.3, 0.4) is 0 Å². The molecule has 0 aromatic carbocycles. The van der Waals surface area contributed by atoms with E-state index in [2.05, 4.69) is 10.6 Å². The second-order valence-electron chi connectivity index (χ2n) is 4.54. The Kier molecular flexibility index (Phi) is 3.40. The van der Waals surface area contributed by atoms with Crippen LogP contribution in [0.2, 0.25) is 0 Å². The summed E-state index contributed by atoms with van der Waals surface area (Å²) in [5, 5.41) is 6.28. The highest BCUT2D eigenvalue weighted by atomic mass is 16.2. The molecule has 0 radical (unpaired) electrons. The van der Waals surface area contributed by atoms with E-state index >= 15 is 0 Å². The van der Waals surface area contributed by atoms with Gasteiger partial charge in [-0.2, -0.15) is 0 Å². The molecule has 2 aliphatic rings. The molecule has 1 saturated carbocycles. The lowest BCUT2D eigenvalue weighted by molar-refractivity contribution is -0.122. The van der Waals surface area contributed by atoms with Gasteiger partial charge in [-0.05, 0) is 38.1 Å². The lowest BCUT2D eigenvalue weighted by Gasteiger charge is -2.14. The van der Waals surface area contributed by atoms with Crippen molar-refractivity contribution in [3.8, 4) is 0 Å². The fourth-order valence-corrected chi connectivity index (χ4v) is 2.49. The van der Waals surface area contributed by atoms with Crippen molar-refractivity contribution in [2.45, 2.75) is 44.6 Å². The van der Waals surface area contributed by atoms with Crippen molar-refractivity contribution in [2.75, 3.05) is 13.1 Å². The van der Waals surface area contributed by atoms with Crippen LogP contribution in [0.25, 0.3) is 0 Å². The van der Waals surface area contributed by atoms with Gasteiger partial charge in [-0.25, -0.2) is 0 Å². The van der Waals surface area contributed by atoms with Crippen molar-refractivity contribution >= 4 is 5.91 Å². The van der Waals surface area contributed by atoms with Crippen LogP contribution in [0.5, 0.6) is 0 Å². The number of hydrogen-bond acceptors (Lipinski definition) is 2. The van der Waals surface area contributed by atoms with Gasteiger partial charge in [0.1, 0.15) is 0 Å². The zero-order chi connectivity index (χ0) is 9.80. The van der Waals surface area contributed by atoms with Crippen molar-refractivity contribution in [3.63, 3.8) is 0 Å². The highest BCUT2D eigenvalue weighted by Crippen LogP contribution is 2.23. The molecule has 1 saturated heterocycles. The molecule has 3 nitrogen and oxygen atoms in total. The van der Waals surface area contributed by atoms with Gasteiger partial charge in [0.15, 0.2) is 0 Å². The SMILES string of the molecule is O=C(NCC1CCCC1)[C@@H]1CCCN1. The van der Waals surface area contributed by atoms with E-state index in [1.54, 1.807) is 0 Å². The second kappa shape index (κ2) is 4.78.